The predicted octanol–water partition coefficient (Wildman–Crippen LogP) is 34.9. The Morgan fingerprint density at radius 3 is 0.972 bits per heavy atom. The van der Waals surface area contributed by atoms with Crippen molar-refractivity contribution < 1.29 is 0 Å². The molecule has 0 bridgehead atoms. The fourth-order valence-electron chi connectivity index (χ4n) is 25.1. The number of fused-ring (bicyclic) bond motifs is 42. The molecule has 0 saturated carbocycles. The van der Waals surface area contributed by atoms with Crippen LogP contribution in [-0.4, -0.2) is 52.2 Å². The number of nitrogens with zero attached hydrogens (tertiary/aromatic N) is 11. The van der Waals surface area contributed by atoms with E-state index in [2.05, 4.69) is 406 Å². The van der Waals surface area contributed by atoms with Crippen molar-refractivity contribution in [1.29, 1.82) is 0 Å². The van der Waals surface area contributed by atoms with E-state index in [-0.39, 0.29) is 5.41 Å². The van der Waals surface area contributed by atoms with E-state index in [4.69, 9.17) is 29.9 Å². The first-order valence-electron chi connectivity index (χ1n) is 48.7. The summed E-state index contributed by atoms with van der Waals surface area (Å²) in [5, 5.41) is 23.8. The second-order valence-corrected chi connectivity index (χ2v) is 42.2. The van der Waals surface area contributed by atoms with Crippen LogP contribution in [0, 0.1) is 0 Å². The molecule has 1 aliphatic rings. The van der Waals surface area contributed by atoms with Crippen molar-refractivity contribution in [3.05, 3.63) is 418 Å². The van der Waals surface area contributed by atoms with Gasteiger partial charge < -0.3 is 9.13 Å². The Hall–Kier alpha value is -17.9. The molecule has 662 valence electrons. The molecule has 14 aromatic heterocycles. The molecule has 143 heavy (non-hydrogen) atoms. The first-order valence-corrected chi connectivity index (χ1v) is 51.1. The molecule has 11 nitrogen and oxygen atoms in total. The third-order valence-corrected chi connectivity index (χ3v) is 34.5. The number of hydrogen-bond acceptors (Lipinski definition) is 9. The number of aromatic nitrogens is 11. The average molecular weight is 1870 g/mol. The summed E-state index contributed by atoms with van der Waals surface area (Å²) in [7, 11) is 0. The molecule has 0 saturated heterocycles. The van der Waals surface area contributed by atoms with Gasteiger partial charge in [-0.2, -0.15) is 0 Å². The van der Waals surface area contributed by atoms with E-state index < -0.39 is 0 Å². The van der Waals surface area contributed by atoms with Crippen LogP contribution in [0.3, 0.4) is 0 Å². The molecule has 34 aromatic rings. The lowest BCUT2D eigenvalue weighted by Gasteiger charge is -2.24. The van der Waals surface area contributed by atoms with Crippen LogP contribution in [0.4, 0.5) is 0 Å². The highest BCUT2D eigenvalue weighted by Crippen LogP contribution is 2.57. The quantitative estimate of drug-likeness (QED) is 0.170. The van der Waals surface area contributed by atoms with Crippen LogP contribution in [0.25, 0.3) is 308 Å². The predicted molar refractivity (Wildman–Crippen MR) is 604 cm³/mol. The first-order chi connectivity index (χ1) is 70.7. The Bertz CT molecular complexity index is 11600. The highest BCUT2D eigenvalue weighted by Gasteiger charge is 2.38. The van der Waals surface area contributed by atoms with E-state index in [9.17, 15) is 0 Å². The zero-order chi connectivity index (χ0) is 93.2. The molecular weight excluding hydrogens is 1800 g/mol. The Kier molecular flexibility index (Phi) is 15.6. The Balaban J connectivity index is 0.0000000946. The van der Waals surface area contributed by atoms with E-state index in [0.717, 1.165) is 77.6 Å². The highest BCUT2D eigenvalue weighted by molar-refractivity contribution is 7.27. The summed E-state index contributed by atoms with van der Waals surface area (Å²) in [6, 6.07) is 147. The van der Waals surface area contributed by atoms with Crippen molar-refractivity contribution in [3.8, 4) is 55.9 Å². The maximum Gasteiger partial charge on any atom is 0.165 e. The minimum absolute atomic E-state index is 0.0804. The number of rotatable bonds is 5. The minimum atomic E-state index is -0.0804. The smallest absolute Gasteiger partial charge is 0.165 e. The second-order valence-electron chi connectivity index (χ2n) is 39.0. The molecule has 1 aliphatic carbocycles. The lowest BCUT2D eigenvalue weighted by Crippen LogP contribution is -2.16. The Morgan fingerprint density at radius 1 is 0.203 bits per heavy atom. The fraction of sp³-hybridized carbons (Fsp3) is 0.0233. The van der Waals surface area contributed by atoms with E-state index in [1.54, 1.807) is 0 Å². The zero-order valence-electron chi connectivity index (χ0n) is 76.8. The van der Waals surface area contributed by atoms with E-state index in [1.807, 2.05) is 70.4 Å². The highest BCUT2D eigenvalue weighted by atomic mass is 32.1. The summed E-state index contributed by atoms with van der Waals surface area (Å²) < 4.78 is 19.6. The number of hydrogen-bond donors (Lipinski definition) is 0. The molecular formula is C129H73N11S3. The molecule has 0 amide bonds. The lowest BCUT2D eigenvalue weighted by atomic mass is 9.79. The van der Waals surface area contributed by atoms with Gasteiger partial charge in [-0.15, -0.1) is 34.0 Å². The van der Waals surface area contributed by atoms with Crippen LogP contribution in [-0.2, 0) is 5.41 Å². The maximum absolute atomic E-state index is 5.28. The van der Waals surface area contributed by atoms with Crippen LogP contribution >= 0.6 is 34.0 Å². The van der Waals surface area contributed by atoms with Gasteiger partial charge in [-0.1, -0.05) is 257 Å². The van der Waals surface area contributed by atoms with Crippen LogP contribution in [0.15, 0.2) is 406 Å². The van der Waals surface area contributed by atoms with Crippen molar-refractivity contribution in [3.63, 3.8) is 0 Å². The molecule has 20 aromatic carbocycles. The summed E-state index contributed by atoms with van der Waals surface area (Å²) in [6.07, 6.45) is 0. The van der Waals surface area contributed by atoms with Crippen molar-refractivity contribution in [2.75, 3.05) is 0 Å². The fourth-order valence-corrected chi connectivity index (χ4v) is 28.5. The molecule has 0 fully saturated rings. The molecule has 0 spiro atoms. The third-order valence-electron chi connectivity index (χ3n) is 31.1. The van der Waals surface area contributed by atoms with Crippen molar-refractivity contribution in [1.82, 2.24) is 52.2 Å². The Labute approximate surface area is 824 Å². The van der Waals surface area contributed by atoms with Crippen LogP contribution in [0.2, 0.25) is 0 Å². The maximum atomic E-state index is 5.28. The van der Waals surface area contributed by atoms with Crippen LogP contribution < -0.4 is 0 Å². The van der Waals surface area contributed by atoms with Crippen LogP contribution in [0.5, 0.6) is 0 Å². The normalized spacial score (nSPS) is 13.0. The van der Waals surface area contributed by atoms with Crippen molar-refractivity contribution >= 4 is 286 Å². The summed E-state index contributed by atoms with van der Waals surface area (Å²) in [5.74, 6) is 0. The number of thiophene rings is 3. The molecule has 35 rings (SSSR count). The molecule has 14 heteroatoms. The van der Waals surface area contributed by atoms with Crippen molar-refractivity contribution in [2.24, 2.45) is 0 Å². The molecule has 0 atom stereocenters. The van der Waals surface area contributed by atoms with E-state index >= 15 is 0 Å². The van der Waals surface area contributed by atoms with Crippen LogP contribution in [0.1, 0.15) is 25.0 Å². The van der Waals surface area contributed by atoms with Gasteiger partial charge in [0.15, 0.2) is 16.9 Å². The van der Waals surface area contributed by atoms with Gasteiger partial charge in [0, 0.05) is 147 Å². The summed E-state index contributed by atoms with van der Waals surface area (Å²) in [5.41, 5.74) is 38.3. The van der Waals surface area contributed by atoms with Gasteiger partial charge in [0.05, 0.1) is 88.3 Å². The Morgan fingerprint density at radius 2 is 0.517 bits per heavy atom. The zero-order valence-corrected chi connectivity index (χ0v) is 79.3. The molecule has 0 unspecified atom stereocenters. The lowest BCUT2D eigenvalue weighted by molar-refractivity contribution is 0.662. The van der Waals surface area contributed by atoms with Crippen molar-refractivity contribution in [2.45, 2.75) is 19.3 Å². The third kappa shape index (κ3) is 10.7. The summed E-state index contributed by atoms with van der Waals surface area (Å²) in [4.78, 5) is 31.6. The number of para-hydroxylation sites is 10. The molecule has 14 heterocycles. The SMILES string of the molecule is CC1(C)c2ccccc2-c2cccc(-c3ccc4c(c3)c3cc5sc6ccccc6c5c5c6nc7ccccc7nc6n4c35)c21.c1ccc(-n2c3ccccc3c3cc(-c4ccc5c(c4)c4cc6sc7ccccc7c6c6c7nc8ccccc8nc7n5c46)ccc32)cc1.c1ccc(-n2c3ccccc3c3ccc(-c4ccc5c(c4)c4cc6sc7ccccc7c6c6c7nc8ccccc8nc7n5c46)cc32)cc1. The van der Waals surface area contributed by atoms with Gasteiger partial charge in [-0.25, -0.2) is 29.9 Å². The van der Waals surface area contributed by atoms with Gasteiger partial charge in [0.2, 0.25) is 0 Å². The summed E-state index contributed by atoms with van der Waals surface area (Å²) in [6.45, 7) is 4.74. The largest absolute Gasteiger partial charge is 0.309 e. The molecule has 0 radical (unpaired) electrons. The minimum Gasteiger partial charge on any atom is -0.309 e. The van der Waals surface area contributed by atoms with Gasteiger partial charge >= 0.3 is 0 Å². The molecule has 0 N–H and O–H groups in total. The summed E-state index contributed by atoms with van der Waals surface area (Å²) >= 11 is 5.60. The standard InChI is InChI=1S/2C44H24N4S.C41H25N3S/c1-2-10-27(11-3-1)47-35-16-8-4-12-28(35)29-20-18-26(23-37(29)47)25-19-21-36-31(22-25)32-24-39-40(30-13-5-9-17-38(30)49-39)41-42-44(48(36)43(32)41)46-34-15-7-6-14-33(34)45-42;1-2-10-27(11-3-1)47-35-16-8-4-12-28(35)30-22-25(18-20-36(30)47)26-19-21-37-31(23-26)32-24-39-40(29-13-5-9-17-38(29)49-39)41-42-44(48(37)43(32)41)46-34-15-7-6-14-33(34)45-42;1-41(2)29-14-5-3-10-24(29)25-13-9-12-23(37(25)41)22-18-19-32-27(20-22)28-21-34-35(26-11-4-8-17-33(26)45-34)36-38-40(44(32)39(28)36)43-31-16-7-6-15-30(31)42-38/h2*1-24H;3-21H,1-2H3. The average Bonchev–Trinajstić information content (AvgIpc) is 1.52. The van der Waals surface area contributed by atoms with E-state index in [1.165, 1.54) is 242 Å². The monoisotopic (exact) mass is 1870 g/mol. The second kappa shape index (κ2) is 28.7. The van der Waals surface area contributed by atoms with E-state index in [0.29, 0.717) is 0 Å². The van der Waals surface area contributed by atoms with Gasteiger partial charge in [-0.3, -0.25) is 13.2 Å². The van der Waals surface area contributed by atoms with Gasteiger partial charge in [0.25, 0.3) is 0 Å². The first kappa shape index (κ1) is 78.0. The number of benzene rings is 20. The van der Waals surface area contributed by atoms with Gasteiger partial charge in [0.1, 0.15) is 16.6 Å². The molecule has 0 aliphatic heterocycles. The topological polar surface area (TPSA) is 100 Å². The van der Waals surface area contributed by atoms with Gasteiger partial charge in [-0.05, 0) is 219 Å².